The van der Waals surface area contributed by atoms with E-state index in [9.17, 15) is 4.79 Å². The molecule has 1 amide bonds. The van der Waals surface area contributed by atoms with Crippen LogP contribution in [0.1, 0.15) is 15.9 Å². The van der Waals surface area contributed by atoms with Gasteiger partial charge in [0.2, 0.25) is 5.91 Å². The van der Waals surface area contributed by atoms with Crippen LogP contribution in [0, 0.1) is 6.07 Å². The minimum absolute atomic E-state index is 0.464. The number of hydrogen-bond acceptors (Lipinski definition) is 1. The van der Waals surface area contributed by atoms with Crippen molar-refractivity contribution in [2.75, 3.05) is 0 Å². The summed E-state index contributed by atoms with van der Waals surface area (Å²) in [5.74, 6) is -0.476. The number of carbonyl (C=O) groups is 1. The molecular formula is C26H16Cl3N2O. The Morgan fingerprint density at radius 1 is 0.844 bits per heavy atom. The fourth-order valence-electron chi connectivity index (χ4n) is 4.13. The van der Waals surface area contributed by atoms with Gasteiger partial charge in [0, 0.05) is 37.9 Å². The average Bonchev–Trinajstić information content (AvgIpc) is 3.06. The van der Waals surface area contributed by atoms with Crippen molar-refractivity contribution in [3.63, 3.8) is 0 Å². The van der Waals surface area contributed by atoms with Crippen LogP contribution in [0.3, 0.4) is 0 Å². The summed E-state index contributed by atoms with van der Waals surface area (Å²) < 4.78 is 2.13. The lowest BCUT2D eigenvalue weighted by molar-refractivity contribution is 0.100. The van der Waals surface area contributed by atoms with Crippen LogP contribution in [0.4, 0.5) is 0 Å². The summed E-state index contributed by atoms with van der Waals surface area (Å²) in [5.41, 5.74) is 10.9. The van der Waals surface area contributed by atoms with Crippen LogP contribution in [-0.4, -0.2) is 10.5 Å². The number of aromatic nitrogens is 1. The molecule has 5 aromatic rings. The minimum Gasteiger partial charge on any atom is -0.366 e. The van der Waals surface area contributed by atoms with Gasteiger partial charge < -0.3 is 10.3 Å². The highest BCUT2D eigenvalue weighted by molar-refractivity contribution is 6.34. The summed E-state index contributed by atoms with van der Waals surface area (Å²) in [5, 5.41) is 3.43. The highest BCUT2D eigenvalue weighted by atomic mass is 35.5. The van der Waals surface area contributed by atoms with E-state index in [1.54, 1.807) is 12.1 Å². The molecule has 157 valence electrons. The molecule has 0 spiro atoms. The third-order valence-electron chi connectivity index (χ3n) is 5.50. The Balaban J connectivity index is 1.79. The summed E-state index contributed by atoms with van der Waals surface area (Å²) in [6, 6.07) is 26.1. The molecule has 4 aromatic carbocycles. The first-order valence-corrected chi connectivity index (χ1v) is 11.0. The van der Waals surface area contributed by atoms with E-state index in [4.69, 9.17) is 40.5 Å². The zero-order valence-corrected chi connectivity index (χ0v) is 19.0. The van der Waals surface area contributed by atoms with Crippen LogP contribution in [0.2, 0.25) is 15.1 Å². The number of nitrogens with two attached hydrogens (primary N) is 1. The summed E-state index contributed by atoms with van der Waals surface area (Å²) in [7, 11) is 0. The first-order chi connectivity index (χ1) is 15.4. The molecule has 5 rings (SSSR count). The van der Waals surface area contributed by atoms with Crippen LogP contribution in [0.25, 0.3) is 32.9 Å². The minimum atomic E-state index is -0.476. The summed E-state index contributed by atoms with van der Waals surface area (Å²) in [6.07, 6.45) is 0. The Morgan fingerprint density at radius 2 is 1.56 bits per heavy atom. The molecule has 6 heteroatoms. The second-order valence-electron chi connectivity index (χ2n) is 7.58. The van der Waals surface area contributed by atoms with Gasteiger partial charge in [-0.25, -0.2) is 0 Å². The molecule has 0 unspecified atom stereocenters. The summed E-state index contributed by atoms with van der Waals surface area (Å²) in [6.45, 7) is 0.514. The van der Waals surface area contributed by atoms with Gasteiger partial charge in [0.15, 0.2) is 0 Å². The molecule has 1 radical (unpaired) electrons. The number of amides is 1. The monoisotopic (exact) mass is 477 g/mol. The van der Waals surface area contributed by atoms with Crippen molar-refractivity contribution in [3.8, 4) is 11.1 Å². The standard InChI is InChI=1S/C26H16Cl3N2O/c27-18-7-4-16(5-8-18)17-6-9-21-24(12-17)31(14-15-10-19(28)13-20(29)11-15)23-3-1-2-22(25(21)23)26(30)32/h1-8,10-13H,14H2,(H2,30,32). The molecule has 0 aliphatic rings. The number of primary amides is 1. The first-order valence-electron chi connectivity index (χ1n) is 9.88. The Morgan fingerprint density at radius 3 is 2.25 bits per heavy atom. The number of hydrogen-bond donors (Lipinski definition) is 1. The maximum atomic E-state index is 12.2. The number of rotatable bonds is 4. The maximum absolute atomic E-state index is 12.2. The Hall–Kier alpha value is -2.98. The van der Waals surface area contributed by atoms with E-state index in [0.717, 1.165) is 38.5 Å². The van der Waals surface area contributed by atoms with E-state index in [1.165, 1.54) is 0 Å². The second-order valence-corrected chi connectivity index (χ2v) is 8.89. The molecule has 0 fully saturated rings. The highest BCUT2D eigenvalue weighted by Gasteiger charge is 2.18. The molecule has 0 bridgehead atoms. The fraction of sp³-hybridized carbons (Fsp3) is 0.0385. The van der Waals surface area contributed by atoms with Crippen molar-refractivity contribution in [1.29, 1.82) is 0 Å². The number of carbonyl (C=O) groups excluding carboxylic acids is 1. The quantitative estimate of drug-likeness (QED) is 0.288. The maximum Gasteiger partial charge on any atom is 0.249 e. The molecule has 32 heavy (non-hydrogen) atoms. The van der Waals surface area contributed by atoms with Crippen LogP contribution >= 0.6 is 34.8 Å². The van der Waals surface area contributed by atoms with Gasteiger partial charge in [0.25, 0.3) is 0 Å². The number of benzene rings is 4. The van der Waals surface area contributed by atoms with Gasteiger partial charge in [-0.15, -0.1) is 0 Å². The van der Waals surface area contributed by atoms with E-state index >= 15 is 0 Å². The van der Waals surface area contributed by atoms with Crippen molar-refractivity contribution >= 4 is 62.5 Å². The van der Waals surface area contributed by atoms with Gasteiger partial charge in [0.05, 0.1) is 11.0 Å². The van der Waals surface area contributed by atoms with Gasteiger partial charge in [-0.05, 0) is 77.4 Å². The molecule has 0 saturated heterocycles. The van der Waals surface area contributed by atoms with Crippen molar-refractivity contribution in [2.45, 2.75) is 6.54 Å². The van der Waals surface area contributed by atoms with Crippen LogP contribution in [-0.2, 0) is 6.54 Å². The van der Waals surface area contributed by atoms with Gasteiger partial charge in [-0.1, -0.05) is 53.0 Å². The Bertz CT molecular complexity index is 1480. The van der Waals surface area contributed by atoms with Gasteiger partial charge in [-0.3, -0.25) is 4.79 Å². The molecule has 0 aliphatic heterocycles. The van der Waals surface area contributed by atoms with Crippen LogP contribution < -0.4 is 5.73 Å². The molecule has 1 heterocycles. The lowest BCUT2D eigenvalue weighted by Crippen LogP contribution is -2.11. The zero-order valence-electron chi connectivity index (χ0n) is 16.7. The van der Waals surface area contributed by atoms with E-state index < -0.39 is 5.91 Å². The molecule has 1 aromatic heterocycles. The predicted octanol–water partition coefficient (Wildman–Crippen LogP) is 7.37. The van der Waals surface area contributed by atoms with Crippen LogP contribution in [0.5, 0.6) is 0 Å². The van der Waals surface area contributed by atoms with Gasteiger partial charge in [-0.2, -0.15) is 0 Å². The topological polar surface area (TPSA) is 48.0 Å². The number of fused-ring (bicyclic) bond motifs is 3. The first kappa shape index (κ1) is 20.9. The average molecular weight is 479 g/mol. The SMILES string of the molecule is NC(=O)c1cccc2c1c1[c]cc(-c3ccc(Cl)cc3)cc1n2Cc1cc(Cl)cc(Cl)c1. The number of nitrogens with zero attached hydrogens (tertiary/aromatic N) is 1. The van der Waals surface area contributed by atoms with Crippen molar-refractivity contribution < 1.29 is 4.79 Å². The van der Waals surface area contributed by atoms with Gasteiger partial charge >= 0.3 is 0 Å². The molecule has 2 N–H and O–H groups in total. The van der Waals surface area contributed by atoms with Crippen molar-refractivity contribution in [1.82, 2.24) is 4.57 Å². The third kappa shape index (κ3) is 3.73. The van der Waals surface area contributed by atoms with Crippen LogP contribution in [0.15, 0.2) is 72.8 Å². The molecular weight excluding hydrogens is 463 g/mol. The molecule has 0 saturated carbocycles. The second kappa shape index (κ2) is 8.18. The smallest absolute Gasteiger partial charge is 0.249 e. The largest absolute Gasteiger partial charge is 0.366 e. The molecule has 0 atom stereocenters. The lowest BCUT2D eigenvalue weighted by atomic mass is 10.0. The zero-order chi connectivity index (χ0) is 22.4. The summed E-state index contributed by atoms with van der Waals surface area (Å²) in [4.78, 5) is 12.2. The fourth-order valence-corrected chi connectivity index (χ4v) is 4.82. The van der Waals surface area contributed by atoms with E-state index in [-0.39, 0.29) is 0 Å². The third-order valence-corrected chi connectivity index (χ3v) is 6.19. The Kier molecular flexibility index (Phi) is 5.34. The van der Waals surface area contributed by atoms with Crippen molar-refractivity contribution in [3.05, 3.63) is 105 Å². The van der Waals surface area contributed by atoms with Gasteiger partial charge in [0.1, 0.15) is 0 Å². The van der Waals surface area contributed by atoms with E-state index in [0.29, 0.717) is 27.2 Å². The number of halogens is 3. The molecule has 0 aliphatic carbocycles. The van der Waals surface area contributed by atoms with E-state index in [1.807, 2.05) is 54.6 Å². The molecule has 3 nitrogen and oxygen atoms in total. The normalized spacial score (nSPS) is 11.3. The lowest BCUT2D eigenvalue weighted by Gasteiger charge is -2.10. The van der Waals surface area contributed by atoms with Crippen molar-refractivity contribution in [2.24, 2.45) is 5.73 Å². The Labute approximate surface area is 199 Å². The predicted molar refractivity (Wildman–Crippen MR) is 133 cm³/mol. The highest BCUT2D eigenvalue weighted by Crippen LogP contribution is 2.35. The summed E-state index contributed by atoms with van der Waals surface area (Å²) >= 11 is 18.5. The van der Waals surface area contributed by atoms with E-state index in [2.05, 4.69) is 16.7 Å².